The molecule has 2 bridgehead atoms. The maximum atomic E-state index is 17.2. The Morgan fingerprint density at radius 3 is 2.30 bits per heavy atom. The number of carbonyl (C=O) groups is 3. The highest BCUT2D eigenvalue weighted by Crippen LogP contribution is 2.49. The quantitative estimate of drug-likeness (QED) is 0.114. The highest BCUT2D eigenvalue weighted by atomic mass is 19.1. The fourth-order valence-electron chi connectivity index (χ4n) is 12.9. The van der Waals surface area contributed by atoms with Crippen LogP contribution in [0.25, 0.3) is 32.9 Å². The van der Waals surface area contributed by atoms with Gasteiger partial charge in [-0.15, -0.1) is 6.42 Å². The number of imide groups is 1. The summed E-state index contributed by atoms with van der Waals surface area (Å²) in [6, 6.07) is 9.68. The minimum absolute atomic E-state index is 0.00435. The van der Waals surface area contributed by atoms with E-state index in [4.69, 9.17) is 21.1 Å². The summed E-state index contributed by atoms with van der Waals surface area (Å²) in [5.74, 6) is 0.932. The van der Waals surface area contributed by atoms with Crippen LogP contribution in [0.15, 0.2) is 48.7 Å². The summed E-state index contributed by atoms with van der Waals surface area (Å²) < 4.78 is 53.6. The lowest BCUT2D eigenvalue weighted by atomic mass is 9.65. The molecule has 4 amide bonds. The molecule has 5 aromatic rings. The monoisotopic (exact) mass is 1010 g/mol. The van der Waals surface area contributed by atoms with Crippen LogP contribution in [0.5, 0.6) is 11.8 Å². The predicted molar refractivity (Wildman–Crippen MR) is 273 cm³/mol. The minimum atomic E-state index is -0.734. The number of fused-ring (bicyclic) bond motifs is 4. The van der Waals surface area contributed by atoms with E-state index in [1.54, 1.807) is 6.20 Å². The first-order chi connectivity index (χ1) is 35.8. The van der Waals surface area contributed by atoms with Crippen LogP contribution in [0.2, 0.25) is 0 Å². The van der Waals surface area contributed by atoms with Crippen molar-refractivity contribution in [3.63, 3.8) is 0 Å². The van der Waals surface area contributed by atoms with Crippen molar-refractivity contribution in [1.82, 2.24) is 40.3 Å². The van der Waals surface area contributed by atoms with Gasteiger partial charge in [-0.1, -0.05) is 12.0 Å². The first-order valence-electron chi connectivity index (χ1n) is 26.4. The largest absolute Gasteiger partial charge is 0.508 e. The lowest BCUT2D eigenvalue weighted by Crippen LogP contribution is -2.51. The van der Waals surface area contributed by atoms with Gasteiger partial charge in [-0.3, -0.25) is 24.8 Å². The summed E-state index contributed by atoms with van der Waals surface area (Å²) in [5.41, 5.74) is 0.566. The lowest BCUT2D eigenvalue weighted by molar-refractivity contribution is -0.120. The molecule has 2 aromatic heterocycles. The summed E-state index contributed by atoms with van der Waals surface area (Å²) in [5, 5.41) is 17.8. The van der Waals surface area contributed by atoms with E-state index in [1.807, 2.05) is 4.90 Å². The van der Waals surface area contributed by atoms with E-state index < -0.39 is 29.4 Å². The molecule has 5 aliphatic heterocycles. The number of amides is 4. The highest BCUT2D eigenvalue weighted by molar-refractivity contribution is 6.06. The molecule has 3 aromatic carbocycles. The number of hydrogen-bond donors (Lipinski definition) is 3. The summed E-state index contributed by atoms with van der Waals surface area (Å²) in [6.45, 7) is 9.10. The third-order valence-corrected chi connectivity index (χ3v) is 17.4. The van der Waals surface area contributed by atoms with Crippen LogP contribution < -0.4 is 25.2 Å². The number of terminal acetylenes is 1. The third kappa shape index (κ3) is 9.36. The SMILES string of the molecule is C#Cc1c(F)ccc2cc(O)cc(-c3ncc4c(N5CC6CCC(C5)N6)nc(OCC5(CN6CCN(CC7CCC8(CC7)CCN(C(=O)c7ccc(F)c(N9CCC(=O)NC9=O)c7)CC8)CC6)CC5)nc4c3F)c12. The van der Waals surface area contributed by atoms with Crippen molar-refractivity contribution in [3.05, 3.63) is 77.2 Å². The summed E-state index contributed by atoms with van der Waals surface area (Å²) in [6.07, 6.45) is 18.1. The normalized spacial score (nSPS) is 23.1. The number of piperazine rings is 2. The molecular weight excluding hydrogens is 950 g/mol. The Balaban J connectivity index is 0.657. The predicted octanol–water partition coefficient (Wildman–Crippen LogP) is 7.23. The van der Waals surface area contributed by atoms with Gasteiger partial charge in [-0.05, 0) is 117 Å². The standard InChI is InChI=1S/C56H61F3N10O5/c1-2-40-43(57)7-3-35-25-39(70)27-41(47(35)40)49-48(59)50-42(28-60-49)51(68-30-37-5-6-38(31-68)61-37)64-53(63-50)74-33-56(14-15-56)32-66-23-21-65(22-24-66)29-34-9-12-55(13-10-34)16-19-67(20-17-55)52(72)36-4-8-44(58)45(26-36)69-18-11-46(71)62-54(69)73/h1,3-4,7-8,25-28,34,37-38,61,70H,5-6,9-24,29-33H2,(H,62,71,73). The Morgan fingerprint density at radius 1 is 0.851 bits per heavy atom. The van der Waals surface area contributed by atoms with E-state index >= 15 is 8.78 Å². The molecule has 1 spiro atoms. The van der Waals surface area contributed by atoms with Crippen LogP contribution in [0.4, 0.5) is 29.5 Å². The fourth-order valence-corrected chi connectivity index (χ4v) is 12.9. The number of hydrogen-bond acceptors (Lipinski definition) is 12. The number of phenolic OH excluding ortho intramolecular Hbond substituents is 1. The number of nitrogens with zero attached hydrogens (tertiary/aromatic N) is 8. The maximum Gasteiger partial charge on any atom is 0.328 e. The number of rotatable bonds is 11. The number of pyridine rings is 1. The van der Waals surface area contributed by atoms with Crippen molar-refractivity contribution < 1.29 is 37.4 Å². The van der Waals surface area contributed by atoms with Gasteiger partial charge in [0.2, 0.25) is 5.91 Å². The summed E-state index contributed by atoms with van der Waals surface area (Å²) in [4.78, 5) is 62.3. The van der Waals surface area contributed by atoms with Crippen LogP contribution in [0.3, 0.4) is 0 Å². The van der Waals surface area contributed by atoms with Crippen LogP contribution in [0.1, 0.15) is 86.6 Å². The van der Waals surface area contributed by atoms with Crippen molar-refractivity contribution >= 4 is 51.0 Å². The third-order valence-electron chi connectivity index (χ3n) is 17.4. The van der Waals surface area contributed by atoms with Crippen LogP contribution in [-0.2, 0) is 4.79 Å². The summed E-state index contributed by atoms with van der Waals surface area (Å²) in [7, 11) is 0. The number of likely N-dealkylation sites (tertiary alicyclic amines) is 1. The van der Waals surface area contributed by atoms with E-state index in [0.29, 0.717) is 72.9 Å². The molecule has 7 aliphatic rings. The maximum absolute atomic E-state index is 17.2. The molecule has 2 atom stereocenters. The Labute approximate surface area is 427 Å². The van der Waals surface area contributed by atoms with Gasteiger partial charge in [0.15, 0.2) is 5.82 Å². The van der Waals surface area contributed by atoms with Crippen molar-refractivity contribution in [2.45, 2.75) is 82.7 Å². The Kier molecular flexibility index (Phi) is 12.6. The molecule has 12 rings (SSSR count). The number of aromatic hydroxyl groups is 1. The molecule has 2 unspecified atom stereocenters. The van der Waals surface area contributed by atoms with Gasteiger partial charge in [0.05, 0.1) is 23.2 Å². The van der Waals surface area contributed by atoms with Crippen LogP contribution >= 0.6 is 0 Å². The number of urea groups is 1. The molecule has 18 heteroatoms. The van der Waals surface area contributed by atoms with E-state index in [2.05, 4.69) is 36.2 Å². The van der Waals surface area contributed by atoms with Gasteiger partial charge in [0.25, 0.3) is 5.91 Å². The molecule has 3 N–H and O–H groups in total. The van der Waals surface area contributed by atoms with Gasteiger partial charge in [-0.2, -0.15) is 9.97 Å². The molecule has 386 valence electrons. The molecule has 7 heterocycles. The van der Waals surface area contributed by atoms with Crippen molar-refractivity contribution in [3.8, 4) is 35.4 Å². The van der Waals surface area contributed by atoms with Crippen LogP contribution in [-0.4, -0.2) is 143 Å². The second kappa shape index (κ2) is 19.3. The number of phenols is 1. The number of halogens is 3. The number of piperidine rings is 1. The zero-order valence-corrected chi connectivity index (χ0v) is 41.5. The number of carbonyl (C=O) groups excluding carboxylic acids is 3. The zero-order chi connectivity index (χ0) is 50.9. The minimum Gasteiger partial charge on any atom is -0.508 e. The topological polar surface area (TPSA) is 160 Å². The number of benzene rings is 3. The number of anilines is 2. The van der Waals surface area contributed by atoms with Gasteiger partial charge in [0, 0.05) is 119 Å². The van der Waals surface area contributed by atoms with Gasteiger partial charge < -0.3 is 34.8 Å². The average Bonchev–Trinajstić information content (AvgIpc) is 4.09. The molecular formula is C56H61F3N10O5. The van der Waals surface area contributed by atoms with Crippen LogP contribution in [0, 0.1) is 46.5 Å². The lowest BCUT2D eigenvalue weighted by Gasteiger charge is -2.47. The Hall–Kier alpha value is -6.55. The number of ether oxygens (including phenoxy) is 1. The molecule has 15 nitrogen and oxygen atoms in total. The average molecular weight is 1010 g/mol. The molecule has 5 saturated heterocycles. The molecule has 2 aliphatic carbocycles. The van der Waals surface area contributed by atoms with Gasteiger partial charge in [0.1, 0.15) is 34.4 Å². The fraction of sp³-hybridized carbons (Fsp3) is 0.500. The van der Waals surface area contributed by atoms with E-state index in [-0.39, 0.29) is 74.9 Å². The van der Waals surface area contributed by atoms with E-state index in [1.165, 1.54) is 60.2 Å². The second-order valence-electron chi connectivity index (χ2n) is 22.2. The smallest absolute Gasteiger partial charge is 0.328 e. The van der Waals surface area contributed by atoms with Crippen molar-refractivity contribution in [2.24, 2.45) is 16.7 Å². The second-order valence-corrected chi connectivity index (χ2v) is 22.2. The highest BCUT2D eigenvalue weighted by Gasteiger charge is 2.46. The van der Waals surface area contributed by atoms with E-state index in [0.717, 1.165) is 90.6 Å². The molecule has 7 fully saturated rings. The van der Waals surface area contributed by atoms with Crippen molar-refractivity contribution in [2.75, 3.05) is 88.4 Å². The Morgan fingerprint density at radius 2 is 1.58 bits per heavy atom. The number of nitrogens with one attached hydrogen (secondary N) is 2. The first-order valence-corrected chi connectivity index (χ1v) is 26.4. The Bertz CT molecular complexity index is 3090. The molecule has 74 heavy (non-hydrogen) atoms. The molecule has 0 radical (unpaired) electrons. The van der Waals surface area contributed by atoms with Gasteiger partial charge in [-0.25, -0.2) is 18.0 Å². The summed E-state index contributed by atoms with van der Waals surface area (Å²) >= 11 is 0. The van der Waals surface area contributed by atoms with Crippen molar-refractivity contribution in [1.29, 1.82) is 0 Å². The zero-order valence-electron chi connectivity index (χ0n) is 41.5. The molecule has 2 saturated carbocycles. The van der Waals surface area contributed by atoms with E-state index in [9.17, 15) is 23.9 Å². The first kappa shape index (κ1) is 48.4. The number of aromatic nitrogens is 3. The van der Waals surface area contributed by atoms with Gasteiger partial charge >= 0.3 is 12.0 Å².